The van der Waals surface area contributed by atoms with E-state index in [1.807, 2.05) is 25.1 Å². The first kappa shape index (κ1) is 19.3. The van der Waals surface area contributed by atoms with Crippen LogP contribution >= 0.6 is 0 Å². The molecule has 27 heavy (non-hydrogen) atoms. The predicted octanol–water partition coefficient (Wildman–Crippen LogP) is 3.33. The molecule has 1 aromatic heterocycles. The number of para-hydroxylation sites is 1. The van der Waals surface area contributed by atoms with Gasteiger partial charge in [-0.15, -0.1) is 0 Å². The van der Waals surface area contributed by atoms with E-state index in [-0.39, 0.29) is 18.2 Å². The number of nitrogens with zero attached hydrogens (tertiary/aromatic N) is 3. The van der Waals surface area contributed by atoms with Crippen LogP contribution in [0, 0.1) is 13.8 Å². The Balaban J connectivity index is 1.69. The lowest BCUT2D eigenvalue weighted by Gasteiger charge is -2.27. The predicted molar refractivity (Wildman–Crippen MR) is 106 cm³/mol. The Kier molecular flexibility index (Phi) is 6.06. The molecule has 1 N–H and O–H groups in total. The van der Waals surface area contributed by atoms with Crippen molar-refractivity contribution >= 4 is 17.4 Å². The molecule has 3 rings (SSSR count). The molecule has 1 aliphatic heterocycles. The zero-order valence-corrected chi connectivity index (χ0v) is 16.4. The molecule has 1 aliphatic rings. The molecule has 0 atom stereocenters. The first-order valence-electron chi connectivity index (χ1n) is 9.60. The number of carbonyl (C=O) groups excluding carboxylic acids is 2. The van der Waals surface area contributed by atoms with Gasteiger partial charge in [0.25, 0.3) is 0 Å². The van der Waals surface area contributed by atoms with Gasteiger partial charge in [0.2, 0.25) is 5.91 Å². The van der Waals surface area contributed by atoms with Crippen LogP contribution in [0.25, 0.3) is 0 Å². The summed E-state index contributed by atoms with van der Waals surface area (Å²) in [6.07, 6.45) is 3.79. The molecule has 144 valence electrons. The molecule has 6 heteroatoms. The highest BCUT2D eigenvalue weighted by Gasteiger charge is 2.18. The molecule has 6 nitrogen and oxygen atoms in total. The fourth-order valence-electron chi connectivity index (χ4n) is 3.82. The molecule has 0 saturated carbocycles. The number of hydrogen-bond acceptors (Lipinski definition) is 4. The number of hydrogen-bond donors (Lipinski definition) is 1. The lowest BCUT2D eigenvalue weighted by atomic mass is 10.1. The Morgan fingerprint density at radius 3 is 2.48 bits per heavy atom. The average molecular weight is 368 g/mol. The molecule has 2 aromatic rings. The topological polar surface area (TPSA) is 67.2 Å². The summed E-state index contributed by atoms with van der Waals surface area (Å²) in [6.45, 7) is 8.32. The van der Waals surface area contributed by atoms with Gasteiger partial charge < -0.3 is 5.32 Å². The van der Waals surface area contributed by atoms with Gasteiger partial charge in [0.15, 0.2) is 5.78 Å². The van der Waals surface area contributed by atoms with E-state index in [1.54, 1.807) is 11.6 Å². The number of aromatic nitrogens is 2. The third-order valence-electron chi connectivity index (χ3n) is 5.16. The molecule has 1 saturated heterocycles. The number of aryl methyl sites for hydroxylation is 1. The Labute approximate surface area is 160 Å². The van der Waals surface area contributed by atoms with E-state index in [1.165, 1.54) is 26.2 Å². The second-order valence-corrected chi connectivity index (χ2v) is 7.30. The number of piperidine rings is 1. The second kappa shape index (κ2) is 8.48. The van der Waals surface area contributed by atoms with Gasteiger partial charge in [-0.3, -0.25) is 19.2 Å². The van der Waals surface area contributed by atoms with E-state index in [0.717, 1.165) is 36.6 Å². The highest BCUT2D eigenvalue weighted by Crippen LogP contribution is 2.20. The van der Waals surface area contributed by atoms with Gasteiger partial charge in [0.05, 0.1) is 11.3 Å². The van der Waals surface area contributed by atoms with Crippen LogP contribution in [0.1, 0.15) is 53.5 Å². The molecule has 0 radical (unpaired) electrons. The lowest BCUT2D eigenvalue weighted by Crippen LogP contribution is -2.29. The third kappa shape index (κ3) is 4.63. The van der Waals surface area contributed by atoms with Crippen molar-refractivity contribution in [3.8, 4) is 0 Å². The number of anilines is 1. The van der Waals surface area contributed by atoms with Gasteiger partial charge in [0, 0.05) is 17.9 Å². The largest absolute Gasteiger partial charge is 0.324 e. The molecule has 1 amide bonds. The zero-order valence-electron chi connectivity index (χ0n) is 16.4. The maximum absolute atomic E-state index is 12.6. The normalized spacial score (nSPS) is 14.9. The van der Waals surface area contributed by atoms with Crippen LogP contribution in [0.15, 0.2) is 24.3 Å². The number of amides is 1. The number of ketones is 1. The van der Waals surface area contributed by atoms with E-state index >= 15 is 0 Å². The molecule has 2 heterocycles. The van der Waals surface area contributed by atoms with Crippen molar-refractivity contribution in [1.29, 1.82) is 0 Å². The Bertz CT molecular complexity index is 835. The van der Waals surface area contributed by atoms with Gasteiger partial charge in [0.1, 0.15) is 6.54 Å². The van der Waals surface area contributed by atoms with Crippen LogP contribution in [0.4, 0.5) is 5.69 Å². The molecular weight excluding hydrogens is 340 g/mol. The van der Waals surface area contributed by atoms with Gasteiger partial charge in [-0.25, -0.2) is 0 Å². The number of carbonyl (C=O) groups is 2. The summed E-state index contributed by atoms with van der Waals surface area (Å²) >= 11 is 0. The van der Waals surface area contributed by atoms with Gasteiger partial charge in [-0.1, -0.05) is 24.6 Å². The summed E-state index contributed by atoms with van der Waals surface area (Å²) in [5, 5.41) is 7.38. The summed E-state index contributed by atoms with van der Waals surface area (Å²) in [5.41, 5.74) is 3.98. The minimum atomic E-state index is -0.137. The highest BCUT2D eigenvalue weighted by molar-refractivity contribution is 5.96. The van der Waals surface area contributed by atoms with Crippen LogP contribution in [0.3, 0.4) is 0 Å². The second-order valence-electron chi connectivity index (χ2n) is 7.30. The summed E-state index contributed by atoms with van der Waals surface area (Å²) < 4.78 is 1.61. The number of benzene rings is 1. The van der Waals surface area contributed by atoms with Crippen LogP contribution < -0.4 is 5.32 Å². The van der Waals surface area contributed by atoms with Crippen LogP contribution in [0.2, 0.25) is 0 Å². The fourth-order valence-corrected chi connectivity index (χ4v) is 3.82. The third-order valence-corrected chi connectivity index (χ3v) is 5.16. The van der Waals surface area contributed by atoms with Gasteiger partial charge in [-0.2, -0.15) is 5.10 Å². The van der Waals surface area contributed by atoms with Crippen LogP contribution in [-0.4, -0.2) is 39.5 Å². The zero-order chi connectivity index (χ0) is 19.4. The van der Waals surface area contributed by atoms with Gasteiger partial charge in [-0.05, 0) is 58.3 Å². The van der Waals surface area contributed by atoms with E-state index in [2.05, 4.69) is 21.4 Å². The Morgan fingerprint density at radius 1 is 1.11 bits per heavy atom. The van der Waals surface area contributed by atoms with E-state index in [0.29, 0.717) is 11.3 Å². The molecule has 0 aliphatic carbocycles. The molecule has 0 unspecified atom stereocenters. The van der Waals surface area contributed by atoms with E-state index in [9.17, 15) is 9.59 Å². The van der Waals surface area contributed by atoms with Crippen molar-refractivity contribution in [3.05, 3.63) is 46.8 Å². The van der Waals surface area contributed by atoms with Crippen molar-refractivity contribution < 1.29 is 9.59 Å². The number of nitrogens with one attached hydrogen (secondary N) is 1. The SMILES string of the molecule is CC(=O)c1c(C)nn(CC(=O)Nc2ccccc2CN2CCCCC2)c1C. The number of rotatable bonds is 6. The summed E-state index contributed by atoms with van der Waals surface area (Å²) in [5.74, 6) is -0.162. The highest BCUT2D eigenvalue weighted by atomic mass is 16.2. The maximum Gasteiger partial charge on any atom is 0.246 e. The number of likely N-dealkylation sites (tertiary alicyclic amines) is 1. The average Bonchev–Trinajstić information content (AvgIpc) is 2.91. The molecule has 1 fully saturated rings. The van der Waals surface area contributed by atoms with Crippen molar-refractivity contribution in [1.82, 2.24) is 14.7 Å². The first-order chi connectivity index (χ1) is 13.0. The van der Waals surface area contributed by atoms with Crippen LogP contribution in [0.5, 0.6) is 0 Å². The Hall–Kier alpha value is -2.47. The lowest BCUT2D eigenvalue weighted by molar-refractivity contribution is -0.116. The first-order valence-corrected chi connectivity index (χ1v) is 9.60. The molecule has 0 spiro atoms. The summed E-state index contributed by atoms with van der Waals surface area (Å²) in [7, 11) is 0. The number of Topliss-reactive ketones (excluding diaryl/α,β-unsaturated/α-hetero) is 1. The van der Waals surface area contributed by atoms with Crippen molar-refractivity contribution in [2.75, 3.05) is 18.4 Å². The fraction of sp³-hybridized carbons (Fsp3) is 0.476. The van der Waals surface area contributed by atoms with E-state index < -0.39 is 0 Å². The molecular formula is C21H28N4O2. The monoisotopic (exact) mass is 368 g/mol. The molecule has 0 bridgehead atoms. The molecule has 1 aromatic carbocycles. The van der Waals surface area contributed by atoms with Crippen molar-refractivity contribution in [3.63, 3.8) is 0 Å². The summed E-state index contributed by atoms with van der Waals surface area (Å²) in [6, 6.07) is 7.96. The van der Waals surface area contributed by atoms with E-state index in [4.69, 9.17) is 0 Å². The maximum atomic E-state index is 12.6. The van der Waals surface area contributed by atoms with Gasteiger partial charge >= 0.3 is 0 Å². The minimum Gasteiger partial charge on any atom is -0.324 e. The summed E-state index contributed by atoms with van der Waals surface area (Å²) in [4.78, 5) is 26.8. The quantitative estimate of drug-likeness (QED) is 0.794. The Morgan fingerprint density at radius 2 is 1.81 bits per heavy atom. The smallest absolute Gasteiger partial charge is 0.246 e. The standard InChI is InChI=1S/C21H28N4O2/c1-15-21(17(3)26)16(2)25(23-15)14-20(27)22-19-10-6-5-9-18(19)13-24-11-7-4-8-12-24/h5-6,9-10H,4,7-8,11-14H2,1-3H3,(H,22,27). The van der Waals surface area contributed by atoms with Crippen molar-refractivity contribution in [2.24, 2.45) is 0 Å². The van der Waals surface area contributed by atoms with Crippen molar-refractivity contribution in [2.45, 2.75) is 53.1 Å². The van der Waals surface area contributed by atoms with Crippen LogP contribution in [-0.2, 0) is 17.9 Å². The minimum absolute atomic E-state index is 0.0245.